The highest BCUT2D eigenvalue weighted by Gasteiger charge is 2.15. The SMILES string of the molecule is Cc1ccc(-n2cccc2)cc1NS(=O)(=O)c1ccc(N)cc1. The molecule has 118 valence electrons. The van der Waals surface area contributed by atoms with Crippen molar-refractivity contribution in [3.63, 3.8) is 0 Å². The number of nitrogens with one attached hydrogen (secondary N) is 1. The summed E-state index contributed by atoms with van der Waals surface area (Å²) in [5.74, 6) is 0. The van der Waals surface area contributed by atoms with Gasteiger partial charge in [0.05, 0.1) is 10.6 Å². The van der Waals surface area contributed by atoms with Gasteiger partial charge in [-0.05, 0) is 61.0 Å². The molecule has 0 atom stereocenters. The van der Waals surface area contributed by atoms with Gasteiger partial charge in [-0.25, -0.2) is 8.42 Å². The van der Waals surface area contributed by atoms with Crippen molar-refractivity contribution in [2.75, 3.05) is 10.5 Å². The van der Waals surface area contributed by atoms with E-state index in [4.69, 9.17) is 5.73 Å². The van der Waals surface area contributed by atoms with Gasteiger partial charge in [0.1, 0.15) is 0 Å². The van der Waals surface area contributed by atoms with Crippen LogP contribution in [0.3, 0.4) is 0 Å². The van der Waals surface area contributed by atoms with Gasteiger partial charge in [-0.15, -0.1) is 0 Å². The van der Waals surface area contributed by atoms with Crippen LogP contribution in [0.4, 0.5) is 11.4 Å². The molecule has 0 saturated carbocycles. The van der Waals surface area contributed by atoms with Gasteiger partial charge in [0, 0.05) is 23.8 Å². The third-order valence-electron chi connectivity index (χ3n) is 3.56. The summed E-state index contributed by atoms with van der Waals surface area (Å²) in [6.45, 7) is 1.86. The van der Waals surface area contributed by atoms with E-state index in [1.54, 1.807) is 12.1 Å². The first-order chi connectivity index (χ1) is 11.0. The molecule has 0 radical (unpaired) electrons. The lowest BCUT2D eigenvalue weighted by atomic mass is 10.2. The third kappa shape index (κ3) is 3.22. The summed E-state index contributed by atoms with van der Waals surface area (Å²) in [7, 11) is -3.65. The van der Waals surface area contributed by atoms with Crippen molar-refractivity contribution in [1.29, 1.82) is 0 Å². The molecule has 0 fully saturated rings. The first-order valence-corrected chi connectivity index (χ1v) is 8.56. The zero-order valence-corrected chi connectivity index (χ0v) is 13.4. The zero-order chi connectivity index (χ0) is 16.4. The molecule has 6 heteroatoms. The molecule has 0 amide bonds. The molecular formula is C17H17N3O2S. The van der Waals surface area contributed by atoms with E-state index < -0.39 is 10.0 Å². The quantitative estimate of drug-likeness (QED) is 0.723. The van der Waals surface area contributed by atoms with Gasteiger partial charge in [-0.1, -0.05) is 6.07 Å². The number of nitrogens with two attached hydrogens (primary N) is 1. The largest absolute Gasteiger partial charge is 0.399 e. The van der Waals surface area contributed by atoms with Crippen LogP contribution in [-0.2, 0) is 10.0 Å². The third-order valence-corrected chi connectivity index (χ3v) is 4.94. The number of hydrogen-bond donors (Lipinski definition) is 2. The van der Waals surface area contributed by atoms with Crippen LogP contribution in [0.1, 0.15) is 5.56 Å². The standard InChI is InChI=1S/C17H17N3O2S/c1-13-4-7-15(20-10-2-3-11-20)12-17(13)19-23(21,22)16-8-5-14(18)6-9-16/h2-12,19H,18H2,1H3. The molecular weight excluding hydrogens is 310 g/mol. The fraction of sp³-hybridized carbons (Fsp3) is 0.0588. The molecule has 0 saturated heterocycles. The smallest absolute Gasteiger partial charge is 0.261 e. The molecule has 0 aliphatic heterocycles. The number of hydrogen-bond acceptors (Lipinski definition) is 3. The predicted octanol–water partition coefficient (Wildman–Crippen LogP) is 3.17. The zero-order valence-electron chi connectivity index (χ0n) is 12.6. The van der Waals surface area contributed by atoms with E-state index in [0.29, 0.717) is 11.4 Å². The number of aromatic nitrogens is 1. The highest BCUT2D eigenvalue weighted by molar-refractivity contribution is 7.92. The Kier molecular flexibility index (Phi) is 3.83. The van der Waals surface area contributed by atoms with Gasteiger partial charge in [0.25, 0.3) is 10.0 Å². The van der Waals surface area contributed by atoms with E-state index in [1.165, 1.54) is 12.1 Å². The molecule has 0 bridgehead atoms. The Balaban J connectivity index is 1.96. The van der Waals surface area contributed by atoms with Crippen molar-refractivity contribution < 1.29 is 8.42 Å². The first-order valence-electron chi connectivity index (χ1n) is 7.08. The molecule has 23 heavy (non-hydrogen) atoms. The van der Waals surface area contributed by atoms with E-state index in [0.717, 1.165) is 11.3 Å². The number of nitrogen functional groups attached to an aromatic ring is 1. The van der Waals surface area contributed by atoms with E-state index in [-0.39, 0.29) is 4.90 Å². The number of benzene rings is 2. The summed E-state index contributed by atoms with van der Waals surface area (Å²) in [4.78, 5) is 0.178. The van der Waals surface area contributed by atoms with E-state index >= 15 is 0 Å². The number of sulfonamides is 1. The molecule has 3 aromatic rings. The number of nitrogens with zero attached hydrogens (tertiary/aromatic N) is 1. The van der Waals surface area contributed by atoms with Gasteiger partial charge in [-0.3, -0.25) is 4.72 Å². The van der Waals surface area contributed by atoms with Gasteiger partial charge in [0.15, 0.2) is 0 Å². The predicted molar refractivity (Wildman–Crippen MR) is 92.2 cm³/mol. The van der Waals surface area contributed by atoms with Crippen molar-refractivity contribution in [3.05, 3.63) is 72.6 Å². The lowest BCUT2D eigenvalue weighted by Crippen LogP contribution is -2.14. The van der Waals surface area contributed by atoms with Crippen molar-refractivity contribution >= 4 is 21.4 Å². The summed E-state index contributed by atoms with van der Waals surface area (Å²) in [5.41, 5.74) is 8.41. The molecule has 2 aromatic carbocycles. The maximum atomic E-state index is 12.5. The minimum absolute atomic E-state index is 0.178. The van der Waals surface area contributed by atoms with Crippen molar-refractivity contribution in [2.24, 2.45) is 0 Å². The lowest BCUT2D eigenvalue weighted by Gasteiger charge is -2.13. The normalized spacial score (nSPS) is 11.3. The topological polar surface area (TPSA) is 77.1 Å². The van der Waals surface area contributed by atoms with Crippen LogP contribution in [0.15, 0.2) is 71.9 Å². The molecule has 0 spiro atoms. The van der Waals surface area contributed by atoms with Crippen LogP contribution in [-0.4, -0.2) is 13.0 Å². The Morgan fingerprint density at radius 1 is 1.00 bits per heavy atom. The Labute approximate surface area is 135 Å². The van der Waals surface area contributed by atoms with Crippen molar-refractivity contribution in [2.45, 2.75) is 11.8 Å². The summed E-state index contributed by atoms with van der Waals surface area (Å²) < 4.78 is 29.6. The van der Waals surface area contributed by atoms with Gasteiger partial charge < -0.3 is 10.3 Å². The van der Waals surface area contributed by atoms with Gasteiger partial charge >= 0.3 is 0 Å². The maximum absolute atomic E-state index is 12.5. The summed E-state index contributed by atoms with van der Waals surface area (Å²) in [5, 5.41) is 0. The number of aryl methyl sites for hydroxylation is 1. The van der Waals surface area contributed by atoms with Crippen LogP contribution in [0.2, 0.25) is 0 Å². The maximum Gasteiger partial charge on any atom is 0.261 e. The summed E-state index contributed by atoms with van der Waals surface area (Å²) in [6.07, 6.45) is 3.81. The second-order valence-corrected chi connectivity index (χ2v) is 6.95. The van der Waals surface area contributed by atoms with Crippen LogP contribution < -0.4 is 10.5 Å². The Morgan fingerprint density at radius 3 is 2.30 bits per heavy atom. The molecule has 3 rings (SSSR count). The molecule has 0 aliphatic carbocycles. The van der Waals surface area contributed by atoms with Crippen LogP contribution >= 0.6 is 0 Å². The highest BCUT2D eigenvalue weighted by Crippen LogP contribution is 2.23. The van der Waals surface area contributed by atoms with Gasteiger partial charge in [-0.2, -0.15) is 0 Å². The molecule has 3 N–H and O–H groups in total. The lowest BCUT2D eigenvalue weighted by molar-refractivity contribution is 0.601. The second kappa shape index (κ2) is 5.81. The van der Waals surface area contributed by atoms with Crippen molar-refractivity contribution in [3.8, 4) is 5.69 Å². The molecule has 5 nitrogen and oxygen atoms in total. The summed E-state index contributed by atoms with van der Waals surface area (Å²) in [6, 6.07) is 15.6. The Hall–Kier alpha value is -2.73. The average molecular weight is 327 g/mol. The fourth-order valence-electron chi connectivity index (χ4n) is 2.24. The Morgan fingerprint density at radius 2 is 1.65 bits per heavy atom. The average Bonchev–Trinajstić information content (AvgIpc) is 3.04. The van der Waals surface area contributed by atoms with Crippen molar-refractivity contribution in [1.82, 2.24) is 4.57 Å². The molecule has 1 heterocycles. The fourth-order valence-corrected chi connectivity index (χ4v) is 3.36. The Bertz CT molecular complexity index is 915. The molecule has 1 aromatic heterocycles. The monoisotopic (exact) mass is 327 g/mol. The second-order valence-electron chi connectivity index (χ2n) is 5.26. The summed E-state index contributed by atoms with van der Waals surface area (Å²) >= 11 is 0. The van der Waals surface area contributed by atoms with E-state index in [1.807, 2.05) is 54.2 Å². The van der Waals surface area contributed by atoms with Gasteiger partial charge in [0.2, 0.25) is 0 Å². The minimum atomic E-state index is -3.65. The number of anilines is 2. The highest BCUT2D eigenvalue weighted by atomic mass is 32.2. The molecule has 0 unspecified atom stereocenters. The van der Waals surface area contributed by atoms with E-state index in [9.17, 15) is 8.42 Å². The van der Waals surface area contributed by atoms with Crippen LogP contribution in [0.25, 0.3) is 5.69 Å². The van der Waals surface area contributed by atoms with Crippen LogP contribution in [0, 0.1) is 6.92 Å². The first kappa shape index (κ1) is 15.2. The molecule has 0 aliphatic rings. The van der Waals surface area contributed by atoms with E-state index in [2.05, 4.69) is 4.72 Å². The minimum Gasteiger partial charge on any atom is -0.399 e. The number of rotatable bonds is 4. The van der Waals surface area contributed by atoms with Crippen LogP contribution in [0.5, 0.6) is 0 Å².